The van der Waals surface area contributed by atoms with Crippen LogP contribution in [0.15, 0.2) is 36.4 Å². The third kappa shape index (κ3) is 2.33. The van der Waals surface area contributed by atoms with Crippen molar-refractivity contribution in [1.29, 1.82) is 0 Å². The van der Waals surface area contributed by atoms with E-state index in [2.05, 4.69) is 6.58 Å². The Balaban J connectivity index is 1.99. The second-order valence-electron chi connectivity index (χ2n) is 5.95. The van der Waals surface area contributed by atoms with Crippen molar-refractivity contribution in [2.75, 3.05) is 13.7 Å². The maximum Gasteiger partial charge on any atom is 0.309 e. The van der Waals surface area contributed by atoms with Crippen LogP contribution in [0, 0.1) is 11.8 Å². The van der Waals surface area contributed by atoms with Crippen molar-refractivity contribution in [2.24, 2.45) is 11.8 Å². The van der Waals surface area contributed by atoms with Crippen molar-refractivity contribution >= 4 is 5.97 Å². The molecule has 112 valence electrons. The summed E-state index contributed by atoms with van der Waals surface area (Å²) in [5.41, 5.74) is 0.661. The summed E-state index contributed by atoms with van der Waals surface area (Å²) in [6.07, 6.45) is 1.79. The van der Waals surface area contributed by atoms with Gasteiger partial charge in [0.2, 0.25) is 0 Å². The third-order valence-electron chi connectivity index (χ3n) is 4.69. The van der Waals surface area contributed by atoms with Gasteiger partial charge in [-0.2, -0.15) is 0 Å². The summed E-state index contributed by atoms with van der Waals surface area (Å²) in [6, 6.07) is 7.41. The maximum absolute atomic E-state index is 12.0. The highest BCUT2D eigenvalue weighted by Gasteiger charge is 2.51. The van der Waals surface area contributed by atoms with Crippen LogP contribution in [-0.4, -0.2) is 24.8 Å². The van der Waals surface area contributed by atoms with Crippen LogP contribution >= 0.6 is 0 Å². The SMILES string of the molecule is C=C1C[C@@H]2C(=O)OCC[C@H]2[C@](O)(c2ccc(OC)cc2)C1. The number of rotatable bonds is 2. The standard InChI is InChI=1S/C17H20O4/c1-11-9-14-15(7-8-21-16(14)18)17(19,10-11)12-3-5-13(20-2)6-4-12/h3-6,14-15,19H,1,7-10H2,2H3/t14-,15+,17+/m0/s1. The molecular formula is C17H20O4. The van der Waals surface area contributed by atoms with Gasteiger partial charge < -0.3 is 14.6 Å². The Kier molecular flexibility index (Phi) is 3.49. The van der Waals surface area contributed by atoms with Crippen LogP contribution in [0.5, 0.6) is 5.75 Å². The monoisotopic (exact) mass is 288 g/mol. The fraction of sp³-hybridized carbons (Fsp3) is 0.471. The van der Waals surface area contributed by atoms with Crippen LogP contribution in [0.25, 0.3) is 0 Å². The molecule has 1 saturated carbocycles. The van der Waals surface area contributed by atoms with Gasteiger partial charge >= 0.3 is 5.97 Å². The molecule has 0 radical (unpaired) electrons. The van der Waals surface area contributed by atoms with Gasteiger partial charge in [-0.25, -0.2) is 0 Å². The predicted octanol–water partition coefficient (Wildman–Crippen LogP) is 2.41. The number of fused-ring (bicyclic) bond motifs is 1. The van der Waals surface area contributed by atoms with Crippen molar-refractivity contribution in [1.82, 2.24) is 0 Å². The van der Waals surface area contributed by atoms with Gasteiger partial charge in [0.1, 0.15) is 5.75 Å². The molecule has 1 aliphatic carbocycles. The molecule has 0 spiro atoms. The molecule has 0 unspecified atom stereocenters. The Labute approximate surface area is 124 Å². The molecule has 3 atom stereocenters. The summed E-state index contributed by atoms with van der Waals surface area (Å²) in [5, 5.41) is 11.3. The minimum atomic E-state index is -1.05. The van der Waals surface area contributed by atoms with E-state index in [1.54, 1.807) is 7.11 Å². The Hall–Kier alpha value is -1.81. The summed E-state index contributed by atoms with van der Waals surface area (Å²) in [5.74, 6) is 0.139. The molecular weight excluding hydrogens is 268 g/mol. The molecule has 1 aliphatic heterocycles. The predicted molar refractivity (Wildman–Crippen MR) is 77.8 cm³/mol. The molecule has 1 aromatic carbocycles. The summed E-state index contributed by atoms with van der Waals surface area (Å²) in [6.45, 7) is 4.38. The second-order valence-corrected chi connectivity index (χ2v) is 5.95. The first kappa shape index (κ1) is 14.1. The fourth-order valence-electron chi connectivity index (χ4n) is 3.65. The maximum atomic E-state index is 12.0. The molecule has 0 aromatic heterocycles. The number of hydrogen-bond donors (Lipinski definition) is 1. The molecule has 0 bridgehead atoms. The van der Waals surface area contributed by atoms with Crippen LogP contribution in [0.2, 0.25) is 0 Å². The van der Waals surface area contributed by atoms with Crippen LogP contribution in [0.1, 0.15) is 24.8 Å². The van der Waals surface area contributed by atoms with Crippen LogP contribution < -0.4 is 4.74 Å². The van der Waals surface area contributed by atoms with Gasteiger partial charge in [-0.05, 0) is 30.5 Å². The molecule has 21 heavy (non-hydrogen) atoms. The highest BCUT2D eigenvalue weighted by Crippen LogP contribution is 2.49. The molecule has 4 heteroatoms. The highest BCUT2D eigenvalue weighted by atomic mass is 16.5. The largest absolute Gasteiger partial charge is 0.497 e. The summed E-state index contributed by atoms with van der Waals surface area (Å²) < 4.78 is 10.3. The minimum Gasteiger partial charge on any atom is -0.497 e. The quantitative estimate of drug-likeness (QED) is 0.670. The fourth-order valence-corrected chi connectivity index (χ4v) is 3.65. The molecule has 1 aromatic rings. The molecule has 3 rings (SSSR count). The van der Waals surface area contributed by atoms with E-state index in [0.717, 1.165) is 16.9 Å². The Morgan fingerprint density at radius 3 is 2.76 bits per heavy atom. The van der Waals surface area contributed by atoms with E-state index in [-0.39, 0.29) is 17.8 Å². The number of ether oxygens (including phenoxy) is 2. The Bertz CT molecular complexity index is 563. The molecule has 1 N–H and O–H groups in total. The van der Waals surface area contributed by atoms with E-state index >= 15 is 0 Å². The highest BCUT2D eigenvalue weighted by molar-refractivity contribution is 5.74. The molecule has 0 amide bonds. The number of hydrogen-bond acceptors (Lipinski definition) is 4. The lowest BCUT2D eigenvalue weighted by Crippen LogP contribution is -2.49. The van der Waals surface area contributed by atoms with Crippen molar-refractivity contribution in [3.05, 3.63) is 42.0 Å². The average molecular weight is 288 g/mol. The van der Waals surface area contributed by atoms with E-state index in [9.17, 15) is 9.90 Å². The third-order valence-corrected chi connectivity index (χ3v) is 4.69. The average Bonchev–Trinajstić information content (AvgIpc) is 2.48. The first-order valence-corrected chi connectivity index (χ1v) is 7.25. The van der Waals surface area contributed by atoms with Gasteiger partial charge in [-0.1, -0.05) is 24.3 Å². The number of methoxy groups -OCH3 is 1. The van der Waals surface area contributed by atoms with E-state index < -0.39 is 5.60 Å². The lowest BCUT2D eigenvalue weighted by Gasteiger charge is -2.47. The number of carbonyl (C=O) groups excluding carboxylic acids is 1. The molecule has 1 saturated heterocycles. The number of aliphatic hydroxyl groups is 1. The van der Waals surface area contributed by atoms with Crippen molar-refractivity contribution in [3.8, 4) is 5.75 Å². The molecule has 2 fully saturated rings. The van der Waals surface area contributed by atoms with Gasteiger partial charge in [-0.3, -0.25) is 4.79 Å². The van der Waals surface area contributed by atoms with E-state index in [1.807, 2.05) is 24.3 Å². The van der Waals surface area contributed by atoms with Gasteiger partial charge in [0, 0.05) is 12.3 Å². The van der Waals surface area contributed by atoms with Gasteiger partial charge in [0.25, 0.3) is 0 Å². The summed E-state index contributed by atoms with van der Waals surface area (Å²) in [7, 11) is 1.61. The van der Waals surface area contributed by atoms with Crippen molar-refractivity contribution in [3.63, 3.8) is 0 Å². The molecule has 1 heterocycles. The first-order chi connectivity index (χ1) is 10.0. The lowest BCUT2D eigenvalue weighted by atomic mass is 9.63. The first-order valence-electron chi connectivity index (χ1n) is 7.25. The lowest BCUT2D eigenvalue weighted by molar-refractivity contribution is -0.171. The van der Waals surface area contributed by atoms with E-state index in [0.29, 0.717) is 25.9 Å². The van der Waals surface area contributed by atoms with E-state index in [4.69, 9.17) is 9.47 Å². The smallest absolute Gasteiger partial charge is 0.309 e. The number of esters is 1. The minimum absolute atomic E-state index is 0.113. The van der Waals surface area contributed by atoms with Crippen LogP contribution in [-0.2, 0) is 15.1 Å². The van der Waals surface area contributed by atoms with Gasteiger partial charge in [0.15, 0.2) is 0 Å². The van der Waals surface area contributed by atoms with Gasteiger partial charge in [0.05, 0.1) is 25.2 Å². The zero-order valence-corrected chi connectivity index (χ0v) is 12.2. The second kappa shape index (κ2) is 5.19. The molecule has 4 nitrogen and oxygen atoms in total. The number of carbonyl (C=O) groups is 1. The van der Waals surface area contributed by atoms with E-state index in [1.165, 1.54) is 0 Å². The Morgan fingerprint density at radius 2 is 2.10 bits per heavy atom. The normalized spacial score (nSPS) is 32.3. The summed E-state index contributed by atoms with van der Waals surface area (Å²) >= 11 is 0. The van der Waals surface area contributed by atoms with Gasteiger partial charge in [-0.15, -0.1) is 0 Å². The topological polar surface area (TPSA) is 55.8 Å². The zero-order valence-electron chi connectivity index (χ0n) is 12.2. The molecule has 2 aliphatic rings. The number of cyclic esters (lactones) is 1. The zero-order chi connectivity index (χ0) is 15.0. The van der Waals surface area contributed by atoms with Crippen molar-refractivity contribution < 1.29 is 19.4 Å². The van der Waals surface area contributed by atoms with Crippen LogP contribution in [0.4, 0.5) is 0 Å². The Morgan fingerprint density at radius 1 is 1.38 bits per heavy atom. The van der Waals surface area contributed by atoms with Crippen molar-refractivity contribution in [2.45, 2.75) is 24.9 Å². The van der Waals surface area contributed by atoms with Crippen LogP contribution in [0.3, 0.4) is 0 Å². The number of benzene rings is 1. The summed E-state index contributed by atoms with van der Waals surface area (Å²) in [4.78, 5) is 12.0.